The topological polar surface area (TPSA) is 87.7 Å². The van der Waals surface area contributed by atoms with Gasteiger partial charge in [-0.25, -0.2) is 0 Å². The molecule has 0 aromatic heterocycles. The number of nitrogens with two attached hydrogens (primary N) is 1. The van der Waals surface area contributed by atoms with Gasteiger partial charge in [-0.15, -0.1) is 0 Å². The summed E-state index contributed by atoms with van der Waals surface area (Å²) in [4.78, 5) is 11.9. The Balaban J connectivity index is 2.48. The maximum absolute atomic E-state index is 11.9. The van der Waals surface area contributed by atoms with E-state index in [0.717, 1.165) is 12.8 Å². The number of carbonyl (C=O) groups excluding carboxylic acids is 1. The van der Waals surface area contributed by atoms with Crippen molar-refractivity contribution in [3.8, 4) is 0 Å². The molecule has 1 unspecified atom stereocenters. The number of nitrogens with one attached hydrogen (secondary N) is 1. The van der Waals surface area contributed by atoms with E-state index in [1.165, 1.54) is 19.3 Å². The highest BCUT2D eigenvalue weighted by atomic mass is 16.4. The fraction of sp³-hybridized carbons (Fsp3) is 0.818. The summed E-state index contributed by atoms with van der Waals surface area (Å²) < 4.78 is 0. The van der Waals surface area contributed by atoms with Crippen LogP contribution in [0.1, 0.15) is 45.4 Å². The minimum absolute atomic E-state index is 0.00388. The Morgan fingerprint density at radius 3 is 2.62 bits per heavy atom. The van der Waals surface area contributed by atoms with Crippen LogP contribution in [0, 0.1) is 5.92 Å². The van der Waals surface area contributed by atoms with Crippen LogP contribution in [0.4, 0.5) is 0 Å². The van der Waals surface area contributed by atoms with Crippen molar-refractivity contribution in [2.45, 2.75) is 51.5 Å². The van der Waals surface area contributed by atoms with Crippen molar-refractivity contribution in [3.63, 3.8) is 0 Å². The third-order valence-corrected chi connectivity index (χ3v) is 3.15. The van der Waals surface area contributed by atoms with Crippen molar-refractivity contribution in [2.75, 3.05) is 0 Å². The zero-order valence-electron chi connectivity index (χ0n) is 9.78. The molecule has 1 aliphatic carbocycles. The van der Waals surface area contributed by atoms with Crippen LogP contribution in [0.15, 0.2) is 5.16 Å². The molecule has 5 heteroatoms. The molecule has 0 heterocycles. The Bertz CT molecular complexity index is 260. The number of amides is 1. The molecule has 0 aliphatic heterocycles. The molecular weight excluding hydrogens is 206 g/mol. The summed E-state index contributed by atoms with van der Waals surface area (Å²) in [5.74, 6) is -0.632. The zero-order valence-corrected chi connectivity index (χ0v) is 9.78. The molecule has 0 aromatic carbocycles. The second kappa shape index (κ2) is 6.35. The van der Waals surface area contributed by atoms with Gasteiger partial charge in [-0.3, -0.25) is 4.79 Å². The van der Waals surface area contributed by atoms with Crippen LogP contribution < -0.4 is 11.1 Å². The van der Waals surface area contributed by atoms with E-state index >= 15 is 0 Å². The highest BCUT2D eigenvalue weighted by Gasteiger charge is 2.24. The lowest BCUT2D eigenvalue weighted by Gasteiger charge is -2.24. The molecule has 1 atom stereocenters. The van der Waals surface area contributed by atoms with Gasteiger partial charge in [0.15, 0.2) is 5.84 Å². The van der Waals surface area contributed by atoms with E-state index in [4.69, 9.17) is 10.9 Å². The average Bonchev–Trinajstić information content (AvgIpc) is 2.31. The van der Waals surface area contributed by atoms with Crippen molar-refractivity contribution >= 4 is 11.7 Å². The number of carbonyl (C=O) groups is 1. The lowest BCUT2D eigenvalue weighted by atomic mass is 9.94. The van der Waals surface area contributed by atoms with E-state index in [9.17, 15) is 4.79 Å². The van der Waals surface area contributed by atoms with E-state index in [0.29, 0.717) is 6.42 Å². The minimum atomic E-state index is -0.507. The van der Waals surface area contributed by atoms with Crippen LogP contribution in [0.3, 0.4) is 0 Å². The molecule has 5 nitrogen and oxygen atoms in total. The first-order valence-corrected chi connectivity index (χ1v) is 5.96. The molecule has 0 radical (unpaired) electrons. The van der Waals surface area contributed by atoms with E-state index in [2.05, 4.69) is 10.5 Å². The smallest absolute Gasteiger partial charge is 0.231 e. The highest BCUT2D eigenvalue weighted by molar-refractivity contribution is 6.02. The third kappa shape index (κ3) is 3.40. The number of hydrogen-bond donors (Lipinski definition) is 3. The van der Waals surface area contributed by atoms with Gasteiger partial charge in [0.1, 0.15) is 0 Å². The van der Waals surface area contributed by atoms with Crippen molar-refractivity contribution < 1.29 is 10.0 Å². The number of rotatable bonds is 4. The molecule has 1 rings (SSSR count). The zero-order chi connectivity index (χ0) is 12.0. The monoisotopic (exact) mass is 227 g/mol. The van der Waals surface area contributed by atoms with Gasteiger partial charge in [-0.1, -0.05) is 31.3 Å². The summed E-state index contributed by atoms with van der Waals surface area (Å²) in [6.45, 7) is 1.85. The van der Waals surface area contributed by atoms with Gasteiger partial charge in [0.25, 0.3) is 0 Å². The molecule has 0 spiro atoms. The summed E-state index contributed by atoms with van der Waals surface area (Å²) in [6, 6.07) is 0.266. The standard InChI is InChI=1S/C11H21N3O2/c1-2-9(10(12)14-16)11(15)13-8-6-4-3-5-7-8/h8-9,16H,2-7H2,1H3,(H2,12,14)(H,13,15). The average molecular weight is 227 g/mol. The maximum atomic E-state index is 11.9. The Morgan fingerprint density at radius 1 is 1.50 bits per heavy atom. The van der Waals surface area contributed by atoms with Crippen LogP contribution in [0.25, 0.3) is 0 Å². The van der Waals surface area contributed by atoms with Gasteiger partial charge < -0.3 is 16.3 Å². The Labute approximate surface area is 96.1 Å². The number of hydrogen-bond acceptors (Lipinski definition) is 3. The van der Waals surface area contributed by atoms with Crippen molar-refractivity contribution in [2.24, 2.45) is 16.8 Å². The van der Waals surface area contributed by atoms with E-state index in [1.807, 2.05) is 6.92 Å². The molecule has 16 heavy (non-hydrogen) atoms. The first-order chi connectivity index (χ1) is 7.69. The number of nitrogens with zero attached hydrogens (tertiary/aromatic N) is 1. The minimum Gasteiger partial charge on any atom is -0.409 e. The van der Waals surface area contributed by atoms with Gasteiger partial charge in [0.05, 0.1) is 5.92 Å². The quantitative estimate of drug-likeness (QED) is 0.292. The molecule has 1 amide bonds. The van der Waals surface area contributed by atoms with Gasteiger partial charge in [0.2, 0.25) is 5.91 Å². The molecule has 0 aromatic rings. The second-order valence-corrected chi connectivity index (χ2v) is 4.33. The molecule has 4 N–H and O–H groups in total. The SMILES string of the molecule is CCC(C(=O)NC1CCCCC1)C(N)=NO. The Hall–Kier alpha value is -1.26. The molecule has 1 fully saturated rings. The van der Waals surface area contributed by atoms with Crippen molar-refractivity contribution in [3.05, 3.63) is 0 Å². The number of oxime groups is 1. The van der Waals surface area contributed by atoms with Crippen LogP contribution in [-0.4, -0.2) is 23.0 Å². The lowest BCUT2D eigenvalue weighted by molar-refractivity contribution is -0.124. The lowest BCUT2D eigenvalue weighted by Crippen LogP contribution is -2.44. The van der Waals surface area contributed by atoms with E-state index in [-0.39, 0.29) is 17.8 Å². The fourth-order valence-corrected chi connectivity index (χ4v) is 2.15. The van der Waals surface area contributed by atoms with Gasteiger partial charge in [-0.05, 0) is 19.3 Å². The van der Waals surface area contributed by atoms with Gasteiger partial charge in [0, 0.05) is 6.04 Å². The first-order valence-electron chi connectivity index (χ1n) is 5.96. The number of amidine groups is 1. The van der Waals surface area contributed by atoms with Crippen LogP contribution in [0.5, 0.6) is 0 Å². The third-order valence-electron chi connectivity index (χ3n) is 3.15. The molecule has 92 valence electrons. The van der Waals surface area contributed by atoms with E-state index in [1.54, 1.807) is 0 Å². The van der Waals surface area contributed by atoms with Crippen LogP contribution >= 0.6 is 0 Å². The van der Waals surface area contributed by atoms with Crippen molar-refractivity contribution in [1.29, 1.82) is 0 Å². The summed E-state index contributed by atoms with van der Waals surface area (Å²) >= 11 is 0. The molecule has 1 aliphatic rings. The van der Waals surface area contributed by atoms with Gasteiger partial charge in [-0.2, -0.15) is 0 Å². The largest absolute Gasteiger partial charge is 0.409 e. The molecule has 1 saturated carbocycles. The second-order valence-electron chi connectivity index (χ2n) is 4.33. The summed E-state index contributed by atoms with van der Waals surface area (Å²) in [6.07, 6.45) is 6.23. The predicted molar refractivity (Wildman–Crippen MR) is 62.2 cm³/mol. The Morgan fingerprint density at radius 2 is 2.12 bits per heavy atom. The molecule has 0 bridgehead atoms. The highest BCUT2D eigenvalue weighted by Crippen LogP contribution is 2.18. The summed E-state index contributed by atoms with van der Waals surface area (Å²) in [5, 5.41) is 14.5. The fourth-order valence-electron chi connectivity index (χ4n) is 2.15. The summed E-state index contributed by atoms with van der Waals surface area (Å²) in [5.41, 5.74) is 5.47. The molecular formula is C11H21N3O2. The molecule has 0 saturated heterocycles. The normalized spacial score (nSPS) is 20.4. The summed E-state index contributed by atoms with van der Waals surface area (Å²) in [7, 11) is 0. The van der Waals surface area contributed by atoms with Crippen LogP contribution in [-0.2, 0) is 4.79 Å². The Kier molecular flexibility index (Phi) is 5.08. The van der Waals surface area contributed by atoms with Crippen LogP contribution in [0.2, 0.25) is 0 Å². The van der Waals surface area contributed by atoms with Crippen molar-refractivity contribution in [1.82, 2.24) is 5.32 Å². The van der Waals surface area contributed by atoms with Gasteiger partial charge >= 0.3 is 0 Å². The maximum Gasteiger partial charge on any atom is 0.231 e. The van der Waals surface area contributed by atoms with E-state index < -0.39 is 5.92 Å². The first kappa shape index (κ1) is 12.8. The predicted octanol–water partition coefficient (Wildman–Crippen LogP) is 1.21.